The molecule has 1 unspecified atom stereocenters. The first-order valence-electron chi connectivity index (χ1n) is 5.73. The van der Waals surface area contributed by atoms with Crippen LogP contribution in [0.5, 0.6) is 0 Å². The molecule has 0 radical (unpaired) electrons. The van der Waals surface area contributed by atoms with Gasteiger partial charge in [0.05, 0.1) is 0 Å². The van der Waals surface area contributed by atoms with Crippen molar-refractivity contribution in [2.75, 3.05) is 11.9 Å². The third kappa shape index (κ3) is 3.34. The van der Waals surface area contributed by atoms with Gasteiger partial charge in [0.1, 0.15) is 0 Å². The van der Waals surface area contributed by atoms with E-state index in [1.807, 2.05) is 13.8 Å². The topological polar surface area (TPSA) is 72.9 Å². The number of aromatic nitrogens is 2. The van der Waals surface area contributed by atoms with Gasteiger partial charge in [0.15, 0.2) is 5.82 Å². The maximum absolute atomic E-state index is 11.9. The van der Waals surface area contributed by atoms with E-state index in [0.717, 1.165) is 19.4 Å². The van der Waals surface area contributed by atoms with Crippen LogP contribution in [0, 0.1) is 0 Å². The largest absolute Gasteiger partial charge is 0.364 e. The van der Waals surface area contributed by atoms with Crippen molar-refractivity contribution in [2.45, 2.75) is 39.3 Å². The molecule has 0 aromatic carbocycles. The van der Waals surface area contributed by atoms with Crippen LogP contribution in [0.1, 0.15) is 26.7 Å². The number of aryl methyl sites for hydroxylation is 1. The van der Waals surface area contributed by atoms with Crippen LogP contribution < -0.4 is 16.6 Å². The van der Waals surface area contributed by atoms with Gasteiger partial charge in [0.25, 0.3) is 5.56 Å². The van der Waals surface area contributed by atoms with Crippen molar-refractivity contribution in [3.8, 4) is 0 Å². The second kappa shape index (κ2) is 6.27. The lowest BCUT2D eigenvalue weighted by molar-refractivity contribution is 0.643. The highest BCUT2D eigenvalue weighted by atomic mass is 16.1. The van der Waals surface area contributed by atoms with Crippen molar-refractivity contribution in [1.29, 1.82) is 0 Å². The third-order valence-electron chi connectivity index (χ3n) is 2.43. The molecule has 1 aromatic rings. The Morgan fingerprint density at radius 2 is 2.31 bits per heavy atom. The third-order valence-corrected chi connectivity index (χ3v) is 2.43. The molecule has 16 heavy (non-hydrogen) atoms. The minimum Gasteiger partial charge on any atom is -0.364 e. The first-order chi connectivity index (χ1) is 7.69. The molecule has 5 nitrogen and oxygen atoms in total. The van der Waals surface area contributed by atoms with E-state index in [0.29, 0.717) is 12.4 Å². The van der Waals surface area contributed by atoms with Crippen molar-refractivity contribution in [3.05, 3.63) is 22.7 Å². The standard InChI is InChI=1S/C11H20N4O/c1-3-6-15-7-5-13-10(11(15)16)14-8-9(12)4-2/h5,7,9H,3-4,6,8,12H2,1-2H3,(H,13,14). The van der Waals surface area contributed by atoms with Gasteiger partial charge in [-0.05, 0) is 12.8 Å². The van der Waals surface area contributed by atoms with Crippen LogP contribution in [0.4, 0.5) is 5.82 Å². The van der Waals surface area contributed by atoms with E-state index in [1.54, 1.807) is 17.0 Å². The average molecular weight is 224 g/mol. The van der Waals surface area contributed by atoms with Gasteiger partial charge in [-0.1, -0.05) is 13.8 Å². The van der Waals surface area contributed by atoms with Crippen molar-refractivity contribution < 1.29 is 0 Å². The summed E-state index contributed by atoms with van der Waals surface area (Å²) in [6, 6.07) is 0.0565. The Kier molecular flexibility index (Phi) is 4.98. The second-order valence-electron chi connectivity index (χ2n) is 3.82. The van der Waals surface area contributed by atoms with E-state index in [4.69, 9.17) is 5.73 Å². The zero-order valence-corrected chi connectivity index (χ0v) is 9.94. The fourth-order valence-corrected chi connectivity index (χ4v) is 1.36. The molecule has 0 aliphatic heterocycles. The SMILES string of the molecule is CCCn1ccnc(NCC(N)CC)c1=O. The monoisotopic (exact) mass is 224 g/mol. The molecule has 5 heteroatoms. The number of nitrogens with two attached hydrogens (primary N) is 1. The molecule has 0 amide bonds. The summed E-state index contributed by atoms with van der Waals surface area (Å²) >= 11 is 0. The Hall–Kier alpha value is -1.36. The number of hydrogen-bond acceptors (Lipinski definition) is 4. The molecule has 0 bridgehead atoms. The Morgan fingerprint density at radius 3 is 2.94 bits per heavy atom. The van der Waals surface area contributed by atoms with Crippen molar-refractivity contribution in [2.24, 2.45) is 5.73 Å². The van der Waals surface area contributed by atoms with Crippen LogP contribution in [0.25, 0.3) is 0 Å². The van der Waals surface area contributed by atoms with Crippen LogP contribution in [0.2, 0.25) is 0 Å². The predicted molar refractivity (Wildman–Crippen MR) is 65.5 cm³/mol. The quantitative estimate of drug-likeness (QED) is 0.749. The van der Waals surface area contributed by atoms with Crippen molar-refractivity contribution >= 4 is 5.82 Å². The molecule has 90 valence electrons. The summed E-state index contributed by atoms with van der Waals surface area (Å²) < 4.78 is 1.66. The summed E-state index contributed by atoms with van der Waals surface area (Å²) in [6.07, 6.45) is 5.15. The Labute approximate surface area is 95.7 Å². The van der Waals surface area contributed by atoms with Gasteiger partial charge in [-0.15, -0.1) is 0 Å². The first-order valence-corrected chi connectivity index (χ1v) is 5.73. The molecule has 0 aliphatic carbocycles. The summed E-state index contributed by atoms with van der Waals surface area (Å²) in [7, 11) is 0. The molecule has 0 spiro atoms. The van der Waals surface area contributed by atoms with E-state index < -0.39 is 0 Å². The molecule has 1 heterocycles. The molecular formula is C11H20N4O. The van der Waals surface area contributed by atoms with Gasteiger partial charge >= 0.3 is 0 Å². The second-order valence-corrected chi connectivity index (χ2v) is 3.82. The lowest BCUT2D eigenvalue weighted by Gasteiger charge is -2.11. The first kappa shape index (κ1) is 12.7. The van der Waals surface area contributed by atoms with Gasteiger partial charge in [-0.25, -0.2) is 4.98 Å². The Balaban J connectivity index is 2.73. The maximum Gasteiger partial charge on any atom is 0.293 e. The summed E-state index contributed by atoms with van der Waals surface area (Å²) in [4.78, 5) is 15.9. The van der Waals surface area contributed by atoms with Gasteiger partial charge in [-0.2, -0.15) is 0 Å². The van der Waals surface area contributed by atoms with Crippen LogP contribution in [-0.4, -0.2) is 22.1 Å². The van der Waals surface area contributed by atoms with Crippen molar-refractivity contribution in [3.63, 3.8) is 0 Å². The minimum absolute atomic E-state index is 0.0565. The molecule has 1 rings (SSSR count). The molecule has 3 N–H and O–H groups in total. The summed E-state index contributed by atoms with van der Waals surface area (Å²) in [5.74, 6) is 0.389. The summed E-state index contributed by atoms with van der Waals surface area (Å²) in [6.45, 7) is 5.35. The molecular weight excluding hydrogens is 204 g/mol. The molecule has 0 aliphatic rings. The summed E-state index contributed by atoms with van der Waals surface area (Å²) in [5, 5.41) is 2.99. The zero-order chi connectivity index (χ0) is 12.0. The number of rotatable bonds is 6. The molecule has 1 aromatic heterocycles. The Bertz CT molecular complexity index is 374. The summed E-state index contributed by atoms with van der Waals surface area (Å²) in [5.41, 5.74) is 5.69. The number of nitrogens with zero attached hydrogens (tertiary/aromatic N) is 2. The van der Waals surface area contributed by atoms with Crippen molar-refractivity contribution in [1.82, 2.24) is 9.55 Å². The average Bonchev–Trinajstić information content (AvgIpc) is 2.30. The van der Waals surface area contributed by atoms with E-state index in [9.17, 15) is 4.79 Å². The normalized spacial score (nSPS) is 12.4. The highest BCUT2D eigenvalue weighted by Gasteiger charge is 2.05. The molecule has 1 atom stereocenters. The van der Waals surface area contributed by atoms with E-state index >= 15 is 0 Å². The van der Waals surface area contributed by atoms with E-state index in [-0.39, 0.29) is 11.6 Å². The smallest absolute Gasteiger partial charge is 0.293 e. The highest BCUT2D eigenvalue weighted by Crippen LogP contribution is 1.95. The fourth-order valence-electron chi connectivity index (χ4n) is 1.36. The Morgan fingerprint density at radius 1 is 1.56 bits per heavy atom. The van der Waals surface area contributed by atoms with Crippen LogP contribution in [0.15, 0.2) is 17.2 Å². The predicted octanol–water partition coefficient (Wildman–Crippen LogP) is 0.802. The van der Waals surface area contributed by atoms with E-state index in [1.165, 1.54) is 0 Å². The zero-order valence-electron chi connectivity index (χ0n) is 9.94. The highest BCUT2D eigenvalue weighted by molar-refractivity contribution is 5.30. The van der Waals surface area contributed by atoms with E-state index in [2.05, 4.69) is 10.3 Å². The van der Waals surface area contributed by atoms with Crippen LogP contribution >= 0.6 is 0 Å². The maximum atomic E-state index is 11.9. The van der Waals surface area contributed by atoms with Crippen LogP contribution in [0.3, 0.4) is 0 Å². The van der Waals surface area contributed by atoms with Gasteiger partial charge in [-0.3, -0.25) is 4.79 Å². The number of hydrogen-bond donors (Lipinski definition) is 2. The fraction of sp³-hybridized carbons (Fsp3) is 0.636. The molecule has 0 saturated carbocycles. The van der Waals surface area contributed by atoms with Gasteiger partial charge in [0, 0.05) is 31.5 Å². The minimum atomic E-state index is -0.0762. The van der Waals surface area contributed by atoms with Gasteiger partial charge in [0.2, 0.25) is 0 Å². The lowest BCUT2D eigenvalue weighted by Crippen LogP contribution is -2.32. The lowest BCUT2D eigenvalue weighted by atomic mass is 10.2. The van der Waals surface area contributed by atoms with Gasteiger partial charge < -0.3 is 15.6 Å². The molecule has 0 saturated heterocycles. The number of anilines is 1. The number of nitrogens with one attached hydrogen (secondary N) is 1. The molecule has 0 fully saturated rings. The van der Waals surface area contributed by atoms with Crippen LogP contribution in [-0.2, 0) is 6.54 Å².